The summed E-state index contributed by atoms with van der Waals surface area (Å²) in [7, 11) is 6.10. The van der Waals surface area contributed by atoms with Crippen LogP contribution in [0.25, 0.3) is 0 Å². The number of hydrogen-bond acceptors (Lipinski definition) is 6. The Hall–Kier alpha value is -1.18. The van der Waals surface area contributed by atoms with Crippen LogP contribution in [0.15, 0.2) is 0 Å². The number of rotatable bonds is 5. The Bertz CT molecular complexity index is 414. The van der Waals surface area contributed by atoms with Gasteiger partial charge < -0.3 is 19.4 Å². The minimum atomic E-state index is -0.707. The molecule has 0 bridgehead atoms. The summed E-state index contributed by atoms with van der Waals surface area (Å²) in [5.74, 6) is -1.19. The number of carbonyl (C=O) groups excluding carboxylic acids is 2. The van der Waals surface area contributed by atoms with Crippen LogP contribution in [0.1, 0.15) is 19.3 Å². The van der Waals surface area contributed by atoms with E-state index in [0.29, 0.717) is 25.7 Å². The van der Waals surface area contributed by atoms with Gasteiger partial charge >= 0.3 is 11.9 Å². The van der Waals surface area contributed by atoms with Gasteiger partial charge in [-0.2, -0.15) is 0 Å². The van der Waals surface area contributed by atoms with E-state index in [-0.39, 0.29) is 0 Å². The van der Waals surface area contributed by atoms with E-state index < -0.39 is 11.9 Å². The van der Waals surface area contributed by atoms with E-state index in [0.717, 1.165) is 39.1 Å². The van der Waals surface area contributed by atoms with Crippen molar-refractivity contribution in [3.63, 3.8) is 0 Å². The second-order valence-electron chi connectivity index (χ2n) is 7.16. The van der Waals surface area contributed by atoms with Crippen molar-refractivity contribution < 1.29 is 14.3 Å². The highest BCUT2D eigenvalue weighted by molar-refractivity contribution is 6.32. The molecule has 7 heteroatoms. The molecule has 0 aliphatic carbocycles. The minimum absolute atomic E-state index is 0.304. The Morgan fingerprint density at radius 2 is 1.67 bits per heavy atom. The molecule has 2 heterocycles. The average Bonchev–Trinajstić information content (AvgIpc) is 2.58. The fourth-order valence-corrected chi connectivity index (χ4v) is 3.39. The van der Waals surface area contributed by atoms with Gasteiger partial charge in [0.1, 0.15) is 0 Å². The summed E-state index contributed by atoms with van der Waals surface area (Å²) in [6, 6.07) is 0.622. The third kappa shape index (κ3) is 5.72. The molecule has 0 aromatic heterocycles. The van der Waals surface area contributed by atoms with Crippen LogP contribution in [0.5, 0.6) is 0 Å². The van der Waals surface area contributed by atoms with Gasteiger partial charge in [0.15, 0.2) is 0 Å². The molecule has 0 spiro atoms. The molecule has 1 amide bonds. The first kappa shape index (κ1) is 19.1. The molecule has 0 aromatic rings. The number of hydrogen-bond donors (Lipinski definition) is 0. The molecule has 138 valence electrons. The Labute approximate surface area is 145 Å². The van der Waals surface area contributed by atoms with E-state index in [2.05, 4.69) is 16.8 Å². The van der Waals surface area contributed by atoms with Crippen molar-refractivity contribution in [2.45, 2.75) is 25.3 Å². The van der Waals surface area contributed by atoms with E-state index in [9.17, 15) is 9.59 Å². The molecule has 0 atom stereocenters. The number of amides is 1. The number of piperazine rings is 1. The summed E-state index contributed by atoms with van der Waals surface area (Å²) in [4.78, 5) is 32.5. The molecule has 0 saturated carbocycles. The first-order valence-corrected chi connectivity index (χ1v) is 9.00. The Morgan fingerprint density at radius 3 is 2.25 bits per heavy atom. The fourth-order valence-electron chi connectivity index (χ4n) is 3.39. The van der Waals surface area contributed by atoms with E-state index in [4.69, 9.17) is 4.74 Å². The number of likely N-dealkylation sites (tertiary alicyclic amines) is 1. The van der Waals surface area contributed by atoms with Crippen LogP contribution in [0.2, 0.25) is 0 Å². The van der Waals surface area contributed by atoms with Crippen molar-refractivity contribution in [3.8, 4) is 0 Å². The zero-order chi connectivity index (χ0) is 17.5. The van der Waals surface area contributed by atoms with Gasteiger partial charge in [-0.05, 0) is 53.5 Å². The highest BCUT2D eigenvalue weighted by Crippen LogP contribution is 2.17. The molecule has 0 unspecified atom stereocenters. The molecule has 2 aliphatic rings. The normalized spacial score (nSPS) is 21.2. The lowest BCUT2D eigenvalue weighted by Gasteiger charge is -2.41. The van der Waals surface area contributed by atoms with Gasteiger partial charge in [-0.15, -0.1) is 0 Å². The second kappa shape index (κ2) is 9.34. The molecule has 7 nitrogen and oxygen atoms in total. The van der Waals surface area contributed by atoms with Gasteiger partial charge in [0.25, 0.3) is 0 Å². The van der Waals surface area contributed by atoms with E-state index in [1.165, 1.54) is 12.8 Å². The fraction of sp³-hybridized carbons (Fsp3) is 0.882. The third-order valence-electron chi connectivity index (χ3n) is 4.96. The van der Waals surface area contributed by atoms with Crippen LogP contribution in [0.3, 0.4) is 0 Å². The van der Waals surface area contributed by atoms with Crippen molar-refractivity contribution in [1.29, 1.82) is 0 Å². The van der Waals surface area contributed by atoms with Crippen molar-refractivity contribution in [3.05, 3.63) is 0 Å². The molecule has 0 aromatic carbocycles. The third-order valence-corrected chi connectivity index (χ3v) is 4.96. The van der Waals surface area contributed by atoms with Gasteiger partial charge in [-0.1, -0.05) is 0 Å². The molecule has 0 radical (unpaired) electrons. The molecule has 24 heavy (non-hydrogen) atoms. The van der Waals surface area contributed by atoms with E-state index in [1.54, 1.807) is 4.90 Å². The standard InChI is InChI=1S/C17H32N4O3/c1-18(2)7-4-14-24-17(23)16(22)21-12-10-20(11-13-21)15-5-8-19(3)9-6-15/h15H,4-14H2,1-3H3. The van der Waals surface area contributed by atoms with Crippen molar-refractivity contribution in [2.24, 2.45) is 0 Å². The lowest BCUT2D eigenvalue weighted by molar-refractivity contribution is -0.161. The SMILES string of the molecule is CN(C)CCCOC(=O)C(=O)N1CCN(C2CCN(C)CC2)CC1. The average molecular weight is 340 g/mol. The maximum absolute atomic E-state index is 12.2. The number of piperidine rings is 1. The van der Waals surface area contributed by atoms with Crippen molar-refractivity contribution in [1.82, 2.24) is 19.6 Å². The molecule has 2 fully saturated rings. The second-order valence-corrected chi connectivity index (χ2v) is 7.16. The number of esters is 1. The summed E-state index contributed by atoms with van der Waals surface area (Å²) in [5.41, 5.74) is 0. The zero-order valence-electron chi connectivity index (χ0n) is 15.4. The van der Waals surface area contributed by atoms with Crippen LogP contribution in [-0.4, -0.2) is 111 Å². The quantitative estimate of drug-likeness (QED) is 0.390. The highest BCUT2D eigenvalue weighted by Gasteiger charge is 2.30. The summed E-state index contributed by atoms with van der Waals surface area (Å²) in [6.45, 7) is 6.39. The van der Waals surface area contributed by atoms with Gasteiger partial charge in [0.2, 0.25) is 0 Å². The van der Waals surface area contributed by atoms with Gasteiger partial charge in [0, 0.05) is 38.8 Å². The first-order chi connectivity index (χ1) is 11.5. The van der Waals surface area contributed by atoms with Crippen molar-refractivity contribution in [2.75, 3.05) is 73.6 Å². The lowest BCUT2D eigenvalue weighted by Crippen LogP contribution is -2.55. The molecule has 2 saturated heterocycles. The summed E-state index contributed by atoms with van der Waals surface area (Å²) in [6.07, 6.45) is 3.13. The summed E-state index contributed by atoms with van der Waals surface area (Å²) < 4.78 is 5.09. The van der Waals surface area contributed by atoms with Gasteiger partial charge in [-0.25, -0.2) is 4.79 Å². The zero-order valence-corrected chi connectivity index (χ0v) is 15.4. The molecule has 2 aliphatic heterocycles. The van der Waals surface area contributed by atoms with Crippen LogP contribution in [0.4, 0.5) is 0 Å². The smallest absolute Gasteiger partial charge is 0.397 e. The van der Waals surface area contributed by atoms with Gasteiger partial charge in [0.05, 0.1) is 6.61 Å². The number of carbonyl (C=O) groups is 2. The van der Waals surface area contributed by atoms with E-state index >= 15 is 0 Å². The van der Waals surface area contributed by atoms with Crippen LogP contribution in [0, 0.1) is 0 Å². The summed E-state index contributed by atoms with van der Waals surface area (Å²) in [5, 5.41) is 0. The maximum atomic E-state index is 12.2. The predicted molar refractivity (Wildman–Crippen MR) is 92.8 cm³/mol. The lowest BCUT2D eigenvalue weighted by atomic mass is 10.0. The molecular weight excluding hydrogens is 308 g/mol. The molecule has 0 N–H and O–H groups in total. The highest BCUT2D eigenvalue weighted by atomic mass is 16.5. The number of ether oxygens (including phenoxy) is 1. The predicted octanol–water partition coefficient (Wildman–Crippen LogP) is -0.280. The largest absolute Gasteiger partial charge is 0.458 e. The van der Waals surface area contributed by atoms with Crippen LogP contribution in [-0.2, 0) is 14.3 Å². The Kier molecular flexibility index (Phi) is 7.45. The number of nitrogens with zero attached hydrogens (tertiary/aromatic N) is 4. The van der Waals surface area contributed by atoms with Crippen LogP contribution >= 0.6 is 0 Å². The van der Waals surface area contributed by atoms with Gasteiger partial charge in [-0.3, -0.25) is 9.69 Å². The van der Waals surface area contributed by atoms with E-state index in [1.807, 2.05) is 19.0 Å². The minimum Gasteiger partial charge on any atom is -0.458 e. The topological polar surface area (TPSA) is 56.3 Å². The molecule has 2 rings (SSSR count). The monoisotopic (exact) mass is 340 g/mol. The first-order valence-electron chi connectivity index (χ1n) is 9.00. The summed E-state index contributed by atoms with van der Waals surface area (Å²) >= 11 is 0. The Morgan fingerprint density at radius 1 is 1.04 bits per heavy atom. The van der Waals surface area contributed by atoms with Crippen molar-refractivity contribution >= 4 is 11.9 Å². The Balaban J connectivity index is 1.67. The maximum Gasteiger partial charge on any atom is 0.397 e. The van der Waals surface area contributed by atoms with Crippen LogP contribution < -0.4 is 0 Å². The molecular formula is C17H32N4O3.